The molecule has 178 valence electrons. The Kier molecular flexibility index (Phi) is 7.94. The number of anilines is 2. The van der Waals surface area contributed by atoms with Gasteiger partial charge >= 0.3 is 6.18 Å². The van der Waals surface area contributed by atoms with Crippen molar-refractivity contribution in [3.05, 3.63) is 70.7 Å². The van der Waals surface area contributed by atoms with Crippen LogP contribution in [-0.4, -0.2) is 28.0 Å². The molecule has 3 rings (SSSR count). The van der Waals surface area contributed by atoms with Crippen LogP contribution in [0.25, 0.3) is 0 Å². The molecule has 0 saturated heterocycles. The van der Waals surface area contributed by atoms with Crippen molar-refractivity contribution in [2.45, 2.75) is 29.1 Å². The number of halogens is 3. The average molecular weight is 509 g/mol. The summed E-state index contributed by atoms with van der Waals surface area (Å²) in [5.74, 6) is -1.53. The first kappa shape index (κ1) is 25.2. The van der Waals surface area contributed by atoms with Crippen LogP contribution >= 0.6 is 23.1 Å². The summed E-state index contributed by atoms with van der Waals surface area (Å²) in [6.45, 7) is 1.67. The van der Waals surface area contributed by atoms with Crippen molar-refractivity contribution in [3.8, 4) is 0 Å². The number of hydrogen-bond acceptors (Lipinski definition) is 6. The van der Waals surface area contributed by atoms with Crippen LogP contribution in [0.15, 0.2) is 58.3 Å². The molecule has 0 aliphatic heterocycles. The highest BCUT2D eigenvalue weighted by molar-refractivity contribution is 8.02. The minimum atomic E-state index is -4.56. The van der Waals surface area contributed by atoms with E-state index in [1.807, 2.05) is 0 Å². The number of thiazole rings is 1. The number of rotatable bonds is 8. The predicted octanol–water partition coefficient (Wildman–Crippen LogP) is 4.56. The van der Waals surface area contributed by atoms with Crippen molar-refractivity contribution in [2.75, 3.05) is 10.6 Å². The van der Waals surface area contributed by atoms with Gasteiger partial charge in [-0.2, -0.15) is 13.2 Å². The summed E-state index contributed by atoms with van der Waals surface area (Å²) < 4.78 is 39.3. The molecule has 0 fully saturated rings. The maximum Gasteiger partial charge on any atom is 0.416 e. The van der Waals surface area contributed by atoms with Gasteiger partial charge in [-0.3, -0.25) is 14.4 Å². The van der Waals surface area contributed by atoms with Gasteiger partial charge in [0.05, 0.1) is 22.9 Å². The Morgan fingerprint density at radius 1 is 1.09 bits per heavy atom. The lowest BCUT2D eigenvalue weighted by molar-refractivity contribution is -0.137. The van der Waals surface area contributed by atoms with Gasteiger partial charge in [-0.15, -0.1) is 11.3 Å². The molecule has 0 aliphatic carbocycles. The molecule has 0 radical (unpaired) electrons. The van der Waals surface area contributed by atoms with Crippen molar-refractivity contribution in [1.82, 2.24) is 4.98 Å². The molecule has 0 spiro atoms. The van der Waals surface area contributed by atoms with Crippen LogP contribution in [0.1, 0.15) is 28.5 Å². The van der Waals surface area contributed by atoms with Crippen LogP contribution in [0.5, 0.6) is 0 Å². The summed E-state index contributed by atoms with van der Waals surface area (Å²) >= 11 is 2.51. The van der Waals surface area contributed by atoms with Gasteiger partial charge in [0.25, 0.3) is 5.91 Å². The average Bonchev–Trinajstić information content (AvgIpc) is 3.19. The third-order valence-corrected chi connectivity index (χ3v) is 6.55. The SMILES string of the molecule is CC(Sc1nc(CC(=O)Nc2cccc(NC(=O)c3cccc(C(F)(F)F)c3)c2)cs1)C(N)=O. The first-order valence-electron chi connectivity index (χ1n) is 9.80. The number of nitrogens with one attached hydrogen (secondary N) is 2. The molecule has 34 heavy (non-hydrogen) atoms. The molecule has 12 heteroatoms. The van der Waals surface area contributed by atoms with Gasteiger partial charge < -0.3 is 16.4 Å². The zero-order valence-electron chi connectivity index (χ0n) is 17.7. The standard InChI is InChI=1S/C22H19F3N4O3S2/c1-12(19(26)31)34-21-29-17(11-33-21)10-18(30)27-15-6-3-7-16(9-15)28-20(32)13-4-2-5-14(8-13)22(23,24)25/h2-9,11-12H,10H2,1H3,(H2,26,31)(H,27,30)(H,28,32). The highest BCUT2D eigenvalue weighted by Gasteiger charge is 2.30. The van der Waals surface area contributed by atoms with E-state index in [0.29, 0.717) is 21.4 Å². The van der Waals surface area contributed by atoms with Crippen molar-refractivity contribution in [3.63, 3.8) is 0 Å². The van der Waals surface area contributed by atoms with Crippen molar-refractivity contribution in [1.29, 1.82) is 0 Å². The minimum absolute atomic E-state index is 0.0111. The molecule has 0 bridgehead atoms. The summed E-state index contributed by atoms with van der Waals surface area (Å²) in [5.41, 5.74) is 5.38. The molecule has 0 aliphatic rings. The summed E-state index contributed by atoms with van der Waals surface area (Å²) in [7, 11) is 0. The van der Waals surface area contributed by atoms with Gasteiger partial charge in [0.2, 0.25) is 11.8 Å². The lowest BCUT2D eigenvalue weighted by Gasteiger charge is -2.10. The van der Waals surface area contributed by atoms with E-state index in [1.165, 1.54) is 35.2 Å². The second kappa shape index (κ2) is 10.7. The Morgan fingerprint density at radius 3 is 2.44 bits per heavy atom. The number of nitrogens with zero attached hydrogens (tertiary/aromatic N) is 1. The molecule has 3 aromatic rings. The second-order valence-corrected chi connectivity index (χ2v) is 9.55. The van der Waals surface area contributed by atoms with Crippen LogP contribution in [0, 0.1) is 0 Å². The topological polar surface area (TPSA) is 114 Å². The smallest absolute Gasteiger partial charge is 0.369 e. The largest absolute Gasteiger partial charge is 0.416 e. The third kappa shape index (κ3) is 7.06. The van der Waals surface area contributed by atoms with E-state index in [4.69, 9.17) is 5.73 Å². The number of carbonyl (C=O) groups excluding carboxylic acids is 3. The number of thioether (sulfide) groups is 1. The predicted molar refractivity (Wildman–Crippen MR) is 125 cm³/mol. The zero-order valence-corrected chi connectivity index (χ0v) is 19.3. The van der Waals surface area contributed by atoms with E-state index in [1.54, 1.807) is 30.5 Å². The van der Waals surface area contributed by atoms with E-state index >= 15 is 0 Å². The summed E-state index contributed by atoms with van der Waals surface area (Å²) in [6, 6.07) is 10.3. The fourth-order valence-electron chi connectivity index (χ4n) is 2.72. The number of benzene rings is 2. The summed E-state index contributed by atoms with van der Waals surface area (Å²) in [6.07, 6.45) is -4.57. The van der Waals surface area contributed by atoms with E-state index in [0.717, 1.165) is 18.2 Å². The number of nitrogens with two attached hydrogens (primary N) is 1. The number of aromatic nitrogens is 1. The lowest BCUT2D eigenvalue weighted by Crippen LogP contribution is -2.22. The van der Waals surface area contributed by atoms with Gasteiger partial charge in [-0.05, 0) is 43.3 Å². The van der Waals surface area contributed by atoms with E-state index in [2.05, 4.69) is 15.6 Å². The van der Waals surface area contributed by atoms with Crippen LogP contribution < -0.4 is 16.4 Å². The highest BCUT2D eigenvalue weighted by atomic mass is 32.2. The number of carbonyl (C=O) groups is 3. The van der Waals surface area contributed by atoms with Gasteiger partial charge in [0.15, 0.2) is 4.34 Å². The molecule has 0 saturated carbocycles. The number of hydrogen-bond donors (Lipinski definition) is 3. The fourth-order valence-corrected chi connectivity index (χ4v) is 4.65. The molecule has 7 nitrogen and oxygen atoms in total. The molecular formula is C22H19F3N4O3S2. The Hall–Kier alpha value is -3.38. The number of amides is 3. The lowest BCUT2D eigenvalue weighted by atomic mass is 10.1. The maximum atomic E-state index is 12.9. The summed E-state index contributed by atoms with van der Waals surface area (Å²) in [4.78, 5) is 40.2. The summed E-state index contributed by atoms with van der Waals surface area (Å²) in [5, 5.41) is 6.47. The van der Waals surface area contributed by atoms with Gasteiger partial charge in [-0.1, -0.05) is 23.9 Å². The Balaban J connectivity index is 1.60. The maximum absolute atomic E-state index is 12.9. The molecule has 1 atom stereocenters. The fraction of sp³-hybridized carbons (Fsp3) is 0.182. The van der Waals surface area contributed by atoms with E-state index in [9.17, 15) is 27.6 Å². The monoisotopic (exact) mass is 508 g/mol. The molecule has 1 aromatic heterocycles. The molecular weight excluding hydrogens is 489 g/mol. The van der Waals surface area contributed by atoms with Crippen molar-refractivity contribution >= 4 is 52.2 Å². The second-order valence-electron chi connectivity index (χ2n) is 7.11. The molecule has 4 N–H and O–H groups in total. The van der Waals surface area contributed by atoms with E-state index < -0.39 is 28.8 Å². The third-order valence-electron chi connectivity index (χ3n) is 4.41. The number of alkyl halides is 3. The first-order chi connectivity index (χ1) is 16.0. The van der Waals surface area contributed by atoms with Crippen LogP contribution in [0.3, 0.4) is 0 Å². The van der Waals surface area contributed by atoms with Crippen molar-refractivity contribution in [2.24, 2.45) is 5.73 Å². The van der Waals surface area contributed by atoms with Gasteiger partial charge in [0, 0.05) is 22.3 Å². The van der Waals surface area contributed by atoms with Crippen molar-refractivity contribution < 1.29 is 27.6 Å². The minimum Gasteiger partial charge on any atom is -0.369 e. The quantitative estimate of drug-likeness (QED) is 0.386. The Labute approximate surface area is 201 Å². The molecule has 1 heterocycles. The Bertz CT molecular complexity index is 1210. The van der Waals surface area contributed by atoms with Crippen LogP contribution in [0.4, 0.5) is 24.5 Å². The van der Waals surface area contributed by atoms with Crippen LogP contribution in [-0.2, 0) is 22.2 Å². The molecule has 2 aromatic carbocycles. The first-order valence-corrected chi connectivity index (χ1v) is 11.6. The molecule has 1 unspecified atom stereocenters. The number of primary amides is 1. The molecule has 3 amide bonds. The Morgan fingerprint density at radius 2 is 1.76 bits per heavy atom. The van der Waals surface area contributed by atoms with Crippen LogP contribution in [0.2, 0.25) is 0 Å². The zero-order chi connectivity index (χ0) is 24.9. The highest BCUT2D eigenvalue weighted by Crippen LogP contribution is 2.30. The normalized spacial score (nSPS) is 12.1. The van der Waals surface area contributed by atoms with Gasteiger partial charge in [0.1, 0.15) is 0 Å². The van der Waals surface area contributed by atoms with E-state index in [-0.39, 0.29) is 17.9 Å². The van der Waals surface area contributed by atoms with Gasteiger partial charge in [-0.25, -0.2) is 4.98 Å².